The summed E-state index contributed by atoms with van der Waals surface area (Å²) in [5, 5.41) is 21.9. The molecule has 0 fully saturated rings. The van der Waals surface area contributed by atoms with Crippen molar-refractivity contribution in [3.63, 3.8) is 0 Å². The first kappa shape index (κ1) is 10.8. The van der Waals surface area contributed by atoms with Crippen LogP contribution >= 0.6 is 11.3 Å². The number of hydrogen-bond acceptors (Lipinski definition) is 5. The second-order valence-electron chi connectivity index (χ2n) is 4.42. The third-order valence-corrected chi connectivity index (χ3v) is 3.31. The minimum Gasteiger partial charge on any atom is -0.239 e. The van der Waals surface area contributed by atoms with Crippen LogP contribution in [0.15, 0.2) is 5.38 Å². The molecule has 2 heterocycles. The minimum absolute atomic E-state index is 0.0134. The molecule has 0 spiro atoms. The average Bonchev–Trinajstić information content (AvgIpc) is 2.84. The molecule has 82 valence electrons. The lowest BCUT2D eigenvalue weighted by Gasteiger charge is -2.13. The summed E-state index contributed by atoms with van der Waals surface area (Å²) in [6, 6.07) is 1.98. The fourth-order valence-electron chi connectivity index (χ4n) is 1.21. The zero-order valence-electron chi connectivity index (χ0n) is 9.27. The molecule has 0 aromatic carbocycles. The van der Waals surface area contributed by atoms with Crippen LogP contribution in [0.3, 0.4) is 0 Å². The van der Waals surface area contributed by atoms with E-state index in [1.807, 2.05) is 11.4 Å². The van der Waals surface area contributed by atoms with Crippen molar-refractivity contribution in [2.75, 3.05) is 0 Å². The Kier molecular flexibility index (Phi) is 2.48. The molecule has 0 unspecified atom stereocenters. The maximum atomic E-state index is 8.84. The maximum absolute atomic E-state index is 8.84. The van der Waals surface area contributed by atoms with Gasteiger partial charge in [0, 0.05) is 10.8 Å². The Morgan fingerprint density at radius 3 is 2.69 bits per heavy atom. The first-order chi connectivity index (χ1) is 7.52. The Morgan fingerprint density at radius 2 is 2.12 bits per heavy atom. The number of nitrogens with zero attached hydrogens (tertiary/aromatic N) is 4. The number of hydrogen-bond donors (Lipinski definition) is 1. The Balaban J connectivity index is 2.44. The molecule has 0 aliphatic carbocycles. The van der Waals surface area contributed by atoms with Crippen molar-refractivity contribution in [2.45, 2.75) is 26.2 Å². The zero-order chi connectivity index (χ0) is 11.8. The zero-order valence-corrected chi connectivity index (χ0v) is 10.1. The van der Waals surface area contributed by atoms with Crippen LogP contribution in [-0.2, 0) is 5.41 Å². The topological polar surface area (TPSA) is 78.2 Å². The van der Waals surface area contributed by atoms with Crippen molar-refractivity contribution in [3.05, 3.63) is 16.1 Å². The number of nitrogens with one attached hydrogen (secondary N) is 1. The van der Waals surface area contributed by atoms with Crippen LogP contribution in [0.1, 0.15) is 31.5 Å². The summed E-state index contributed by atoms with van der Waals surface area (Å²) in [6.07, 6.45) is 0. The van der Waals surface area contributed by atoms with E-state index in [1.54, 1.807) is 11.3 Å². The Labute approximate surface area is 97.2 Å². The summed E-state index contributed by atoms with van der Waals surface area (Å²) in [5.41, 5.74) is 1.53. The first-order valence-electron chi connectivity index (χ1n) is 4.79. The second kappa shape index (κ2) is 3.68. The molecule has 0 bridgehead atoms. The molecular weight excluding hydrogens is 222 g/mol. The molecule has 0 aliphatic heterocycles. The molecule has 16 heavy (non-hydrogen) atoms. The highest BCUT2D eigenvalue weighted by Crippen LogP contribution is 2.29. The highest BCUT2D eigenvalue weighted by Gasteiger charge is 2.20. The third kappa shape index (κ3) is 1.82. The van der Waals surface area contributed by atoms with Gasteiger partial charge >= 0.3 is 0 Å². The van der Waals surface area contributed by atoms with Gasteiger partial charge in [0.15, 0.2) is 5.69 Å². The predicted octanol–water partition coefficient (Wildman–Crippen LogP) is 2.10. The highest BCUT2D eigenvalue weighted by molar-refractivity contribution is 7.10. The van der Waals surface area contributed by atoms with Gasteiger partial charge in [-0.3, -0.25) is 0 Å². The van der Waals surface area contributed by atoms with Gasteiger partial charge in [0.1, 0.15) is 17.5 Å². The van der Waals surface area contributed by atoms with Crippen molar-refractivity contribution >= 4 is 11.3 Å². The van der Waals surface area contributed by atoms with Gasteiger partial charge in [-0.05, 0) is 0 Å². The van der Waals surface area contributed by atoms with Crippen molar-refractivity contribution in [1.82, 2.24) is 20.4 Å². The van der Waals surface area contributed by atoms with Crippen molar-refractivity contribution in [3.8, 4) is 17.5 Å². The van der Waals surface area contributed by atoms with Gasteiger partial charge in [0.2, 0.25) is 0 Å². The molecule has 6 heteroatoms. The van der Waals surface area contributed by atoms with Crippen LogP contribution in [-0.4, -0.2) is 20.4 Å². The van der Waals surface area contributed by atoms with Gasteiger partial charge in [0.25, 0.3) is 0 Å². The molecule has 0 radical (unpaired) electrons. The van der Waals surface area contributed by atoms with E-state index in [1.165, 1.54) is 0 Å². The SMILES string of the molecule is CC(C)(C)c1nc(-c2n[nH]nc2C#N)cs1. The number of aromatic nitrogens is 4. The van der Waals surface area contributed by atoms with Crippen molar-refractivity contribution < 1.29 is 0 Å². The molecule has 2 aromatic heterocycles. The van der Waals surface area contributed by atoms with Gasteiger partial charge in [-0.2, -0.15) is 15.6 Å². The summed E-state index contributed by atoms with van der Waals surface area (Å²) in [4.78, 5) is 4.48. The van der Waals surface area contributed by atoms with Gasteiger partial charge in [0.05, 0.1) is 5.01 Å². The van der Waals surface area contributed by atoms with E-state index < -0.39 is 0 Å². The Hall–Kier alpha value is -1.74. The maximum Gasteiger partial charge on any atom is 0.192 e. The van der Waals surface area contributed by atoms with Gasteiger partial charge in [-0.25, -0.2) is 4.98 Å². The van der Waals surface area contributed by atoms with Gasteiger partial charge in [-0.1, -0.05) is 20.8 Å². The van der Waals surface area contributed by atoms with E-state index in [9.17, 15) is 0 Å². The molecule has 0 saturated heterocycles. The number of H-pyrrole nitrogens is 1. The molecule has 5 nitrogen and oxygen atoms in total. The Morgan fingerprint density at radius 1 is 1.38 bits per heavy atom. The van der Waals surface area contributed by atoms with E-state index in [4.69, 9.17) is 5.26 Å². The standard InChI is InChI=1S/C10H11N5S/c1-10(2,3)9-12-7(5-16-9)8-6(4-11)13-15-14-8/h5H,1-3H3,(H,13,14,15). The molecule has 0 amide bonds. The second-order valence-corrected chi connectivity index (χ2v) is 5.28. The summed E-state index contributed by atoms with van der Waals surface area (Å²) >= 11 is 1.57. The van der Waals surface area contributed by atoms with Crippen LogP contribution in [0.2, 0.25) is 0 Å². The smallest absolute Gasteiger partial charge is 0.192 e. The number of aromatic amines is 1. The van der Waals surface area contributed by atoms with Crippen LogP contribution < -0.4 is 0 Å². The third-order valence-electron chi connectivity index (χ3n) is 2.04. The summed E-state index contributed by atoms with van der Waals surface area (Å²) in [6.45, 7) is 6.30. The van der Waals surface area contributed by atoms with Crippen LogP contribution in [0.5, 0.6) is 0 Å². The molecule has 0 aliphatic rings. The van der Waals surface area contributed by atoms with E-state index in [0.29, 0.717) is 11.4 Å². The lowest BCUT2D eigenvalue weighted by molar-refractivity contribution is 0.586. The molecular formula is C10H11N5S. The monoisotopic (exact) mass is 233 g/mol. The molecule has 1 N–H and O–H groups in total. The van der Waals surface area contributed by atoms with Crippen LogP contribution in [0.4, 0.5) is 0 Å². The predicted molar refractivity (Wildman–Crippen MR) is 60.9 cm³/mol. The number of rotatable bonds is 1. The Bertz CT molecular complexity index is 540. The normalized spacial score (nSPS) is 11.4. The summed E-state index contributed by atoms with van der Waals surface area (Å²) in [7, 11) is 0. The average molecular weight is 233 g/mol. The fourth-order valence-corrected chi connectivity index (χ4v) is 2.11. The quantitative estimate of drug-likeness (QED) is 0.818. The minimum atomic E-state index is 0.0134. The van der Waals surface area contributed by atoms with E-state index in [0.717, 1.165) is 5.01 Å². The molecule has 0 atom stereocenters. The summed E-state index contributed by atoms with van der Waals surface area (Å²) in [5.74, 6) is 0. The van der Waals surface area contributed by atoms with E-state index in [-0.39, 0.29) is 11.1 Å². The van der Waals surface area contributed by atoms with E-state index in [2.05, 4.69) is 41.2 Å². The lowest BCUT2D eigenvalue weighted by Crippen LogP contribution is -2.10. The molecule has 2 rings (SSSR count). The van der Waals surface area contributed by atoms with Gasteiger partial charge < -0.3 is 0 Å². The molecule has 2 aromatic rings. The van der Waals surface area contributed by atoms with Gasteiger partial charge in [-0.15, -0.1) is 16.4 Å². The van der Waals surface area contributed by atoms with E-state index >= 15 is 0 Å². The van der Waals surface area contributed by atoms with Crippen molar-refractivity contribution in [2.24, 2.45) is 0 Å². The van der Waals surface area contributed by atoms with Crippen LogP contribution in [0, 0.1) is 11.3 Å². The fraction of sp³-hybridized carbons (Fsp3) is 0.400. The largest absolute Gasteiger partial charge is 0.239 e. The first-order valence-corrected chi connectivity index (χ1v) is 5.67. The van der Waals surface area contributed by atoms with Crippen LogP contribution in [0.25, 0.3) is 11.4 Å². The van der Waals surface area contributed by atoms with Crippen molar-refractivity contribution in [1.29, 1.82) is 5.26 Å². The highest BCUT2D eigenvalue weighted by atomic mass is 32.1. The number of nitriles is 1. The summed E-state index contributed by atoms with van der Waals surface area (Å²) < 4.78 is 0. The lowest BCUT2D eigenvalue weighted by atomic mass is 9.98. The molecule has 0 saturated carbocycles. The number of thiazole rings is 1.